The monoisotopic (exact) mass is 207 g/mol. The molecule has 1 aliphatic rings. The zero-order valence-corrected chi connectivity index (χ0v) is 8.55. The topological polar surface area (TPSA) is 66.3 Å². The van der Waals surface area contributed by atoms with Gasteiger partial charge in [-0.1, -0.05) is 0 Å². The van der Waals surface area contributed by atoms with Crippen LogP contribution in [0.2, 0.25) is 0 Å². The van der Waals surface area contributed by atoms with Crippen molar-refractivity contribution >= 4 is 11.8 Å². The molecule has 0 bridgehead atoms. The van der Waals surface area contributed by atoms with E-state index in [1.54, 1.807) is 12.4 Å². The lowest BCUT2D eigenvalue weighted by Crippen LogP contribution is -2.24. The second-order valence-corrected chi connectivity index (χ2v) is 3.74. The molecule has 0 aliphatic carbocycles. The van der Waals surface area contributed by atoms with Gasteiger partial charge < -0.3 is 10.0 Å². The number of anilines is 1. The van der Waals surface area contributed by atoms with Gasteiger partial charge in [0.15, 0.2) is 0 Å². The van der Waals surface area contributed by atoms with Crippen LogP contribution in [0.25, 0.3) is 0 Å². The number of aryl methyl sites for hydroxylation is 1. The Bertz CT molecular complexity index is 381. The first-order chi connectivity index (χ1) is 7.18. The van der Waals surface area contributed by atoms with Crippen molar-refractivity contribution in [1.29, 1.82) is 0 Å². The Morgan fingerprint density at radius 1 is 1.53 bits per heavy atom. The van der Waals surface area contributed by atoms with Crippen LogP contribution in [-0.2, 0) is 4.79 Å². The van der Waals surface area contributed by atoms with E-state index in [0.29, 0.717) is 13.0 Å². The summed E-state index contributed by atoms with van der Waals surface area (Å²) in [7, 11) is 0. The summed E-state index contributed by atoms with van der Waals surface area (Å²) in [5.41, 5.74) is 0.850. The first-order valence-electron chi connectivity index (χ1n) is 4.94. The molecular formula is C10H13N3O2. The normalized spacial score (nSPS) is 20.6. The molecule has 1 saturated heterocycles. The third-order valence-electron chi connectivity index (χ3n) is 2.69. The lowest BCUT2D eigenvalue weighted by molar-refractivity contribution is -0.140. The molecule has 2 heterocycles. The van der Waals surface area contributed by atoms with Gasteiger partial charge in [0.2, 0.25) is 0 Å². The molecule has 0 aromatic carbocycles. The Kier molecular flexibility index (Phi) is 2.53. The largest absolute Gasteiger partial charge is 0.481 e. The van der Waals surface area contributed by atoms with Crippen LogP contribution >= 0.6 is 0 Å². The number of carboxylic acids is 1. The van der Waals surface area contributed by atoms with Gasteiger partial charge in [-0.05, 0) is 13.3 Å². The Balaban J connectivity index is 2.14. The van der Waals surface area contributed by atoms with Crippen LogP contribution < -0.4 is 4.90 Å². The lowest BCUT2D eigenvalue weighted by atomic mass is 10.1. The van der Waals surface area contributed by atoms with Gasteiger partial charge in [0.1, 0.15) is 5.82 Å². The molecule has 1 fully saturated rings. The molecule has 80 valence electrons. The first kappa shape index (κ1) is 9.89. The molecule has 0 amide bonds. The molecule has 5 heteroatoms. The van der Waals surface area contributed by atoms with Gasteiger partial charge in [0.25, 0.3) is 0 Å². The molecule has 1 aliphatic heterocycles. The maximum Gasteiger partial charge on any atom is 0.308 e. The molecule has 1 aromatic heterocycles. The van der Waals surface area contributed by atoms with Crippen molar-refractivity contribution < 1.29 is 9.90 Å². The minimum Gasteiger partial charge on any atom is -0.481 e. The second-order valence-electron chi connectivity index (χ2n) is 3.74. The zero-order chi connectivity index (χ0) is 10.8. The summed E-state index contributed by atoms with van der Waals surface area (Å²) in [6.07, 6.45) is 3.96. The number of hydrogen-bond acceptors (Lipinski definition) is 4. The number of aromatic nitrogens is 2. The predicted molar refractivity (Wildman–Crippen MR) is 54.7 cm³/mol. The van der Waals surface area contributed by atoms with Crippen molar-refractivity contribution in [3.8, 4) is 0 Å². The maximum absolute atomic E-state index is 10.8. The summed E-state index contributed by atoms with van der Waals surface area (Å²) in [5, 5.41) is 8.88. The molecule has 0 radical (unpaired) electrons. The summed E-state index contributed by atoms with van der Waals surface area (Å²) in [4.78, 5) is 21.2. The second kappa shape index (κ2) is 3.84. The van der Waals surface area contributed by atoms with Crippen LogP contribution in [0.4, 0.5) is 5.82 Å². The molecule has 0 spiro atoms. The van der Waals surface area contributed by atoms with Crippen molar-refractivity contribution in [2.75, 3.05) is 18.0 Å². The molecular weight excluding hydrogens is 194 g/mol. The molecule has 0 saturated carbocycles. The number of rotatable bonds is 2. The summed E-state index contributed by atoms with van der Waals surface area (Å²) in [6.45, 7) is 3.17. The summed E-state index contributed by atoms with van der Waals surface area (Å²) in [6, 6.07) is 0. The van der Waals surface area contributed by atoms with E-state index in [1.807, 2.05) is 11.8 Å². The third-order valence-corrected chi connectivity index (χ3v) is 2.69. The molecule has 1 unspecified atom stereocenters. The van der Waals surface area contributed by atoms with E-state index in [2.05, 4.69) is 9.97 Å². The fourth-order valence-electron chi connectivity index (χ4n) is 1.86. The SMILES string of the molecule is Cc1nccnc1N1CCC(C(=O)O)C1. The highest BCUT2D eigenvalue weighted by atomic mass is 16.4. The van der Waals surface area contributed by atoms with Gasteiger partial charge in [-0.3, -0.25) is 9.78 Å². The summed E-state index contributed by atoms with van der Waals surface area (Å²) >= 11 is 0. The fourth-order valence-corrected chi connectivity index (χ4v) is 1.86. The minimum atomic E-state index is -0.723. The van der Waals surface area contributed by atoms with Crippen molar-refractivity contribution in [1.82, 2.24) is 9.97 Å². The highest BCUT2D eigenvalue weighted by Gasteiger charge is 2.29. The number of hydrogen-bond donors (Lipinski definition) is 1. The summed E-state index contributed by atoms with van der Waals surface area (Å²) in [5.74, 6) is -0.188. The Morgan fingerprint density at radius 2 is 2.27 bits per heavy atom. The van der Waals surface area contributed by atoms with Crippen molar-refractivity contribution in [2.24, 2.45) is 5.92 Å². The smallest absolute Gasteiger partial charge is 0.308 e. The van der Waals surface area contributed by atoms with E-state index >= 15 is 0 Å². The molecule has 2 rings (SSSR count). The van der Waals surface area contributed by atoms with Gasteiger partial charge in [-0.2, -0.15) is 0 Å². The van der Waals surface area contributed by atoms with Crippen LogP contribution in [0.3, 0.4) is 0 Å². The molecule has 15 heavy (non-hydrogen) atoms. The van der Waals surface area contributed by atoms with E-state index < -0.39 is 5.97 Å². The van der Waals surface area contributed by atoms with Gasteiger partial charge in [-0.25, -0.2) is 4.98 Å². The van der Waals surface area contributed by atoms with Gasteiger partial charge in [0, 0.05) is 25.5 Å². The van der Waals surface area contributed by atoms with Crippen molar-refractivity contribution in [3.63, 3.8) is 0 Å². The van der Waals surface area contributed by atoms with E-state index in [1.165, 1.54) is 0 Å². The van der Waals surface area contributed by atoms with Crippen LogP contribution in [0.5, 0.6) is 0 Å². The van der Waals surface area contributed by atoms with E-state index in [0.717, 1.165) is 18.1 Å². The van der Waals surface area contributed by atoms with E-state index in [4.69, 9.17) is 5.11 Å². The average Bonchev–Trinajstić information content (AvgIpc) is 2.67. The number of nitrogens with zero attached hydrogens (tertiary/aromatic N) is 3. The van der Waals surface area contributed by atoms with E-state index in [-0.39, 0.29) is 5.92 Å². The number of aliphatic carboxylic acids is 1. The standard InChI is InChI=1S/C10H13N3O2/c1-7-9(12-4-3-11-7)13-5-2-8(6-13)10(14)15/h3-4,8H,2,5-6H2,1H3,(H,14,15). The summed E-state index contributed by atoms with van der Waals surface area (Å²) < 4.78 is 0. The van der Waals surface area contributed by atoms with Crippen LogP contribution in [0.15, 0.2) is 12.4 Å². The third kappa shape index (κ3) is 1.91. The average molecular weight is 207 g/mol. The molecule has 1 aromatic rings. The van der Waals surface area contributed by atoms with Gasteiger partial charge in [0.05, 0.1) is 11.6 Å². The lowest BCUT2D eigenvalue weighted by Gasteiger charge is -2.17. The Morgan fingerprint density at radius 3 is 2.87 bits per heavy atom. The first-order valence-corrected chi connectivity index (χ1v) is 4.94. The van der Waals surface area contributed by atoms with Crippen LogP contribution in [-0.4, -0.2) is 34.1 Å². The maximum atomic E-state index is 10.8. The predicted octanol–water partition coefficient (Wildman–Crippen LogP) is 0.696. The zero-order valence-electron chi connectivity index (χ0n) is 8.55. The van der Waals surface area contributed by atoms with Gasteiger partial charge in [-0.15, -0.1) is 0 Å². The quantitative estimate of drug-likeness (QED) is 0.773. The van der Waals surface area contributed by atoms with Crippen LogP contribution in [0, 0.1) is 12.8 Å². The fraction of sp³-hybridized carbons (Fsp3) is 0.500. The Hall–Kier alpha value is -1.65. The Labute approximate surface area is 87.8 Å². The molecule has 5 nitrogen and oxygen atoms in total. The molecule has 1 atom stereocenters. The highest BCUT2D eigenvalue weighted by Crippen LogP contribution is 2.23. The highest BCUT2D eigenvalue weighted by molar-refractivity contribution is 5.72. The van der Waals surface area contributed by atoms with Gasteiger partial charge >= 0.3 is 5.97 Å². The van der Waals surface area contributed by atoms with Crippen molar-refractivity contribution in [3.05, 3.63) is 18.1 Å². The van der Waals surface area contributed by atoms with Crippen molar-refractivity contribution in [2.45, 2.75) is 13.3 Å². The van der Waals surface area contributed by atoms with E-state index in [9.17, 15) is 4.79 Å². The number of carboxylic acid groups (broad SMARTS) is 1. The number of carbonyl (C=O) groups is 1. The van der Waals surface area contributed by atoms with Crippen LogP contribution in [0.1, 0.15) is 12.1 Å². The molecule has 1 N–H and O–H groups in total. The minimum absolute atomic E-state index is 0.272.